The monoisotopic (exact) mass is 505 g/mol. The van der Waals surface area contributed by atoms with Gasteiger partial charge in [-0.3, -0.25) is 0 Å². The number of hydrogen-bond donors (Lipinski definition) is 1. The maximum atomic E-state index is 6.05. The number of halogens is 2. The average Bonchev–Trinajstić information content (AvgIpc) is 3.24. The van der Waals surface area contributed by atoms with E-state index in [0.29, 0.717) is 18.1 Å². The summed E-state index contributed by atoms with van der Waals surface area (Å²) in [6.45, 7) is 2.33. The number of hydrogen-bond acceptors (Lipinski definition) is 5. The topological polar surface area (TPSA) is 49.0 Å². The second kappa shape index (κ2) is 11.3. The Morgan fingerprint density at radius 3 is 2.55 bits per heavy atom. The van der Waals surface area contributed by atoms with Gasteiger partial charge in [0.05, 0.1) is 11.6 Å². The Balaban J connectivity index is 0.00000272. The predicted octanol–water partition coefficient (Wildman–Crippen LogP) is 5.52. The van der Waals surface area contributed by atoms with Crippen LogP contribution in [0.3, 0.4) is 0 Å². The molecule has 1 N–H and O–H groups in total. The number of nitrogens with one attached hydrogen (secondary N) is 1. The molecular weight excluding hydrogens is 482 g/mol. The molecule has 0 bridgehead atoms. The molecule has 3 aromatic rings. The number of ether oxygens (including phenoxy) is 4. The lowest BCUT2D eigenvalue weighted by molar-refractivity contribution is 0.174. The van der Waals surface area contributed by atoms with E-state index in [4.69, 9.17) is 18.9 Å². The molecule has 0 fully saturated rings. The first kappa shape index (κ1) is 23.3. The molecule has 1 aliphatic rings. The molecule has 3 aromatic carbocycles. The summed E-state index contributed by atoms with van der Waals surface area (Å²) < 4.78 is 23.3. The minimum absolute atomic E-state index is 0. The SMILES string of the molecule is COc1cc(CNCCc2ccccc2)cc(Br)c1OCc1ccc2c(c1)OCO2.Cl. The summed E-state index contributed by atoms with van der Waals surface area (Å²) in [5, 5.41) is 3.49. The zero-order valence-corrected chi connectivity index (χ0v) is 19.6. The van der Waals surface area contributed by atoms with Crippen LogP contribution < -0.4 is 24.3 Å². The van der Waals surface area contributed by atoms with E-state index >= 15 is 0 Å². The molecule has 0 radical (unpaired) electrons. The second-order valence-corrected chi connectivity index (χ2v) is 7.85. The Kier molecular flexibility index (Phi) is 8.46. The van der Waals surface area contributed by atoms with Crippen LogP contribution in [0.25, 0.3) is 0 Å². The standard InChI is InChI=1S/C24H24BrNO4.ClH/c1-27-23-13-19(14-26-10-9-17-5-3-2-4-6-17)11-20(25)24(23)28-15-18-7-8-21-22(12-18)30-16-29-21;/h2-8,11-13,26H,9-10,14-16H2,1H3;1H. The number of benzene rings is 3. The van der Waals surface area contributed by atoms with Gasteiger partial charge in [-0.25, -0.2) is 0 Å². The molecular formula is C24H25BrClNO4. The van der Waals surface area contributed by atoms with E-state index < -0.39 is 0 Å². The van der Waals surface area contributed by atoms with Crippen molar-refractivity contribution in [3.63, 3.8) is 0 Å². The fraction of sp³-hybridized carbons (Fsp3) is 0.250. The van der Waals surface area contributed by atoms with Crippen LogP contribution in [0.2, 0.25) is 0 Å². The average molecular weight is 507 g/mol. The Morgan fingerprint density at radius 2 is 1.74 bits per heavy atom. The number of methoxy groups -OCH3 is 1. The summed E-state index contributed by atoms with van der Waals surface area (Å²) in [6.07, 6.45) is 0.996. The first-order valence-corrected chi connectivity index (χ1v) is 10.6. The van der Waals surface area contributed by atoms with E-state index in [9.17, 15) is 0 Å². The minimum atomic E-state index is 0. The van der Waals surface area contributed by atoms with Gasteiger partial charge in [0, 0.05) is 6.54 Å². The van der Waals surface area contributed by atoms with Crippen molar-refractivity contribution in [1.29, 1.82) is 0 Å². The van der Waals surface area contributed by atoms with Gasteiger partial charge in [0.2, 0.25) is 6.79 Å². The maximum absolute atomic E-state index is 6.05. The Labute approximate surface area is 197 Å². The van der Waals surface area contributed by atoms with Gasteiger partial charge in [0.1, 0.15) is 6.61 Å². The molecule has 0 spiro atoms. The van der Waals surface area contributed by atoms with Gasteiger partial charge in [-0.15, -0.1) is 12.4 Å². The third kappa shape index (κ3) is 6.06. The molecule has 164 valence electrons. The van der Waals surface area contributed by atoms with Gasteiger partial charge >= 0.3 is 0 Å². The van der Waals surface area contributed by atoms with Crippen molar-refractivity contribution in [3.05, 3.63) is 81.8 Å². The predicted molar refractivity (Wildman–Crippen MR) is 127 cm³/mol. The first-order chi connectivity index (χ1) is 14.7. The van der Waals surface area contributed by atoms with E-state index in [1.807, 2.05) is 30.3 Å². The summed E-state index contributed by atoms with van der Waals surface area (Å²) in [6, 6.07) is 20.4. The molecule has 31 heavy (non-hydrogen) atoms. The highest BCUT2D eigenvalue weighted by molar-refractivity contribution is 9.10. The molecule has 0 atom stereocenters. The summed E-state index contributed by atoms with van der Waals surface area (Å²) in [7, 11) is 1.65. The van der Waals surface area contributed by atoms with Crippen molar-refractivity contribution in [2.45, 2.75) is 19.6 Å². The lowest BCUT2D eigenvalue weighted by Crippen LogP contribution is -2.16. The van der Waals surface area contributed by atoms with Crippen LogP contribution in [0.15, 0.2) is 65.1 Å². The Morgan fingerprint density at radius 1 is 0.935 bits per heavy atom. The third-order valence-electron chi connectivity index (χ3n) is 4.87. The van der Waals surface area contributed by atoms with Crippen LogP contribution in [0.1, 0.15) is 16.7 Å². The van der Waals surface area contributed by atoms with E-state index in [-0.39, 0.29) is 19.2 Å². The Hall–Kier alpha value is -2.41. The van der Waals surface area contributed by atoms with Crippen molar-refractivity contribution >= 4 is 28.3 Å². The molecule has 4 rings (SSSR count). The van der Waals surface area contributed by atoms with Crippen LogP contribution in [0.4, 0.5) is 0 Å². The molecule has 5 nitrogen and oxygen atoms in total. The third-order valence-corrected chi connectivity index (χ3v) is 5.46. The van der Waals surface area contributed by atoms with Crippen molar-refractivity contribution < 1.29 is 18.9 Å². The van der Waals surface area contributed by atoms with Gasteiger partial charge in [-0.2, -0.15) is 0 Å². The highest BCUT2D eigenvalue weighted by Gasteiger charge is 2.15. The maximum Gasteiger partial charge on any atom is 0.231 e. The van der Waals surface area contributed by atoms with Crippen LogP contribution in [0.5, 0.6) is 23.0 Å². The summed E-state index contributed by atoms with van der Waals surface area (Å²) >= 11 is 3.63. The van der Waals surface area contributed by atoms with Crippen molar-refractivity contribution in [1.82, 2.24) is 5.32 Å². The normalized spacial score (nSPS) is 11.7. The summed E-state index contributed by atoms with van der Waals surface area (Å²) in [5.74, 6) is 2.90. The lowest BCUT2D eigenvalue weighted by Gasteiger charge is -2.15. The molecule has 1 aliphatic heterocycles. The van der Waals surface area contributed by atoms with E-state index in [1.54, 1.807) is 7.11 Å². The largest absolute Gasteiger partial charge is 0.493 e. The van der Waals surface area contributed by atoms with E-state index in [1.165, 1.54) is 5.56 Å². The Bertz CT molecular complexity index is 1000. The van der Waals surface area contributed by atoms with E-state index in [2.05, 4.69) is 51.6 Å². The van der Waals surface area contributed by atoms with Crippen LogP contribution >= 0.6 is 28.3 Å². The molecule has 0 amide bonds. The second-order valence-electron chi connectivity index (χ2n) is 7.00. The van der Waals surface area contributed by atoms with Crippen molar-refractivity contribution in [3.8, 4) is 23.0 Å². The highest BCUT2D eigenvalue weighted by atomic mass is 79.9. The van der Waals surface area contributed by atoms with Crippen LogP contribution in [-0.2, 0) is 19.6 Å². The molecule has 7 heteroatoms. The summed E-state index contributed by atoms with van der Waals surface area (Å²) in [4.78, 5) is 0. The van der Waals surface area contributed by atoms with E-state index in [0.717, 1.165) is 46.6 Å². The van der Waals surface area contributed by atoms with Crippen LogP contribution in [-0.4, -0.2) is 20.4 Å². The van der Waals surface area contributed by atoms with Gasteiger partial charge in [-0.05, 0) is 69.9 Å². The molecule has 0 aliphatic carbocycles. The van der Waals surface area contributed by atoms with Gasteiger partial charge in [0.25, 0.3) is 0 Å². The van der Waals surface area contributed by atoms with Crippen molar-refractivity contribution in [2.75, 3.05) is 20.4 Å². The smallest absolute Gasteiger partial charge is 0.231 e. The highest BCUT2D eigenvalue weighted by Crippen LogP contribution is 2.38. The zero-order valence-electron chi connectivity index (χ0n) is 17.2. The first-order valence-electron chi connectivity index (χ1n) is 9.85. The van der Waals surface area contributed by atoms with Gasteiger partial charge in [0.15, 0.2) is 23.0 Å². The fourth-order valence-corrected chi connectivity index (χ4v) is 3.92. The molecule has 0 saturated heterocycles. The summed E-state index contributed by atoms with van der Waals surface area (Å²) in [5.41, 5.74) is 3.46. The number of fused-ring (bicyclic) bond motifs is 1. The molecule has 0 saturated carbocycles. The van der Waals surface area contributed by atoms with Crippen molar-refractivity contribution in [2.24, 2.45) is 0 Å². The van der Waals surface area contributed by atoms with Crippen LogP contribution in [0, 0.1) is 0 Å². The molecule has 0 unspecified atom stereocenters. The lowest BCUT2D eigenvalue weighted by atomic mass is 10.1. The fourth-order valence-electron chi connectivity index (χ4n) is 3.31. The molecule has 1 heterocycles. The molecule has 0 aromatic heterocycles. The number of rotatable bonds is 9. The minimum Gasteiger partial charge on any atom is -0.493 e. The quantitative estimate of drug-likeness (QED) is 0.387. The van der Waals surface area contributed by atoms with Gasteiger partial charge < -0.3 is 24.3 Å². The zero-order chi connectivity index (χ0) is 20.8. The van der Waals surface area contributed by atoms with Gasteiger partial charge in [-0.1, -0.05) is 36.4 Å².